The standard InChI is InChI=1S/C11H12F2/c12-10-7-4-8-11(10,13)9-5-2-1-3-6-9/h1-3,5-6,10H,4,7-8H2/t10-,11-/m0/s1. The van der Waals surface area contributed by atoms with Gasteiger partial charge in [0.2, 0.25) is 0 Å². The molecule has 1 fully saturated rings. The fraction of sp³-hybridized carbons (Fsp3) is 0.455. The van der Waals surface area contributed by atoms with Crippen molar-refractivity contribution in [1.82, 2.24) is 0 Å². The van der Waals surface area contributed by atoms with Crippen molar-refractivity contribution in [3.8, 4) is 0 Å². The molecule has 1 aliphatic carbocycles. The molecule has 2 rings (SSSR count). The van der Waals surface area contributed by atoms with Crippen LogP contribution >= 0.6 is 0 Å². The van der Waals surface area contributed by atoms with E-state index in [-0.39, 0.29) is 0 Å². The Labute approximate surface area is 76.6 Å². The molecule has 0 spiro atoms. The Balaban J connectivity index is 2.34. The molecule has 2 atom stereocenters. The van der Waals surface area contributed by atoms with E-state index < -0.39 is 11.8 Å². The molecule has 0 nitrogen and oxygen atoms in total. The molecule has 13 heavy (non-hydrogen) atoms. The third-order valence-electron chi connectivity index (χ3n) is 2.75. The molecule has 1 saturated carbocycles. The van der Waals surface area contributed by atoms with Crippen molar-refractivity contribution in [2.75, 3.05) is 0 Å². The summed E-state index contributed by atoms with van der Waals surface area (Å²) < 4.78 is 27.3. The maximum absolute atomic E-state index is 14.1. The van der Waals surface area contributed by atoms with E-state index in [9.17, 15) is 8.78 Å². The summed E-state index contributed by atoms with van der Waals surface area (Å²) in [5.74, 6) is 0. The van der Waals surface area contributed by atoms with Crippen LogP contribution in [0.3, 0.4) is 0 Å². The first kappa shape index (κ1) is 8.67. The lowest BCUT2D eigenvalue weighted by atomic mass is 9.93. The number of benzene rings is 1. The lowest BCUT2D eigenvalue weighted by molar-refractivity contribution is 0.0754. The monoisotopic (exact) mass is 182 g/mol. The van der Waals surface area contributed by atoms with Gasteiger partial charge in [0.1, 0.15) is 6.17 Å². The van der Waals surface area contributed by atoms with Crippen molar-refractivity contribution in [3.05, 3.63) is 35.9 Å². The van der Waals surface area contributed by atoms with E-state index in [4.69, 9.17) is 0 Å². The normalized spacial score (nSPS) is 33.5. The highest BCUT2D eigenvalue weighted by Gasteiger charge is 2.45. The van der Waals surface area contributed by atoms with Crippen molar-refractivity contribution in [1.29, 1.82) is 0 Å². The third-order valence-corrected chi connectivity index (χ3v) is 2.75. The number of hydrogen-bond donors (Lipinski definition) is 0. The van der Waals surface area contributed by atoms with E-state index in [1.54, 1.807) is 24.3 Å². The highest BCUT2D eigenvalue weighted by atomic mass is 19.2. The molecular formula is C11H12F2. The fourth-order valence-electron chi connectivity index (χ4n) is 1.96. The molecule has 0 amide bonds. The largest absolute Gasteiger partial charge is 0.244 e. The van der Waals surface area contributed by atoms with E-state index >= 15 is 0 Å². The zero-order valence-electron chi connectivity index (χ0n) is 7.34. The van der Waals surface area contributed by atoms with Crippen LogP contribution in [-0.2, 0) is 5.67 Å². The topological polar surface area (TPSA) is 0 Å². The van der Waals surface area contributed by atoms with E-state index in [0.29, 0.717) is 24.8 Å². The van der Waals surface area contributed by atoms with Gasteiger partial charge in [-0.05, 0) is 24.8 Å². The van der Waals surface area contributed by atoms with E-state index in [0.717, 1.165) is 0 Å². The average Bonchev–Trinajstić information content (AvgIpc) is 2.50. The summed E-state index contributed by atoms with van der Waals surface area (Å²) in [6.07, 6.45) is -0.00856. The first-order valence-corrected chi connectivity index (χ1v) is 4.62. The lowest BCUT2D eigenvalue weighted by Gasteiger charge is -2.22. The Morgan fingerprint density at radius 1 is 1.23 bits per heavy atom. The molecule has 0 radical (unpaired) electrons. The number of hydrogen-bond acceptors (Lipinski definition) is 0. The molecule has 0 saturated heterocycles. The molecular weight excluding hydrogens is 170 g/mol. The smallest absolute Gasteiger partial charge is 0.166 e. The molecule has 0 heterocycles. The van der Waals surface area contributed by atoms with Crippen molar-refractivity contribution in [2.45, 2.75) is 31.1 Å². The highest BCUT2D eigenvalue weighted by Crippen LogP contribution is 2.44. The molecule has 0 aliphatic heterocycles. The Bertz CT molecular complexity index is 283. The Morgan fingerprint density at radius 3 is 2.46 bits per heavy atom. The maximum atomic E-state index is 14.1. The van der Waals surface area contributed by atoms with Crippen LogP contribution in [0.2, 0.25) is 0 Å². The average molecular weight is 182 g/mol. The lowest BCUT2D eigenvalue weighted by Crippen LogP contribution is -2.26. The van der Waals surface area contributed by atoms with Gasteiger partial charge in [-0.3, -0.25) is 0 Å². The Hall–Kier alpha value is -0.920. The van der Waals surface area contributed by atoms with Gasteiger partial charge in [0.05, 0.1) is 0 Å². The number of rotatable bonds is 1. The molecule has 1 aromatic carbocycles. The van der Waals surface area contributed by atoms with Gasteiger partial charge in [-0.15, -0.1) is 0 Å². The summed E-state index contributed by atoms with van der Waals surface area (Å²) in [6.45, 7) is 0. The molecule has 70 valence electrons. The molecule has 0 aromatic heterocycles. The van der Waals surface area contributed by atoms with Crippen LogP contribution in [0.1, 0.15) is 24.8 Å². The quantitative estimate of drug-likeness (QED) is 0.624. The molecule has 0 N–H and O–H groups in total. The number of alkyl halides is 2. The van der Waals surface area contributed by atoms with Crippen LogP contribution in [-0.4, -0.2) is 6.17 Å². The summed E-state index contributed by atoms with van der Waals surface area (Å²) in [4.78, 5) is 0. The van der Waals surface area contributed by atoms with Crippen molar-refractivity contribution in [2.24, 2.45) is 0 Å². The van der Waals surface area contributed by atoms with Gasteiger partial charge in [-0.2, -0.15) is 0 Å². The SMILES string of the molecule is F[C@H]1CCC[C@]1(F)c1ccccc1. The van der Waals surface area contributed by atoms with Crippen molar-refractivity contribution >= 4 is 0 Å². The molecule has 2 heteroatoms. The fourth-order valence-corrected chi connectivity index (χ4v) is 1.96. The summed E-state index contributed by atoms with van der Waals surface area (Å²) in [5.41, 5.74) is -1.23. The van der Waals surface area contributed by atoms with Crippen LogP contribution in [0.5, 0.6) is 0 Å². The maximum Gasteiger partial charge on any atom is 0.166 e. The third kappa shape index (κ3) is 1.34. The van der Waals surface area contributed by atoms with Crippen LogP contribution in [0.4, 0.5) is 8.78 Å². The summed E-state index contributed by atoms with van der Waals surface area (Å²) in [7, 11) is 0. The first-order chi connectivity index (χ1) is 6.23. The predicted octanol–water partition coefficient (Wildman–Crippen LogP) is 3.37. The van der Waals surface area contributed by atoms with E-state index in [1.807, 2.05) is 6.07 Å². The molecule has 1 aromatic rings. The van der Waals surface area contributed by atoms with Gasteiger partial charge in [-0.25, -0.2) is 8.78 Å². The second-order valence-electron chi connectivity index (χ2n) is 3.59. The zero-order chi connectivity index (χ0) is 9.31. The Kier molecular flexibility index (Phi) is 2.06. The number of halogens is 2. The minimum Gasteiger partial charge on any atom is -0.244 e. The van der Waals surface area contributed by atoms with Gasteiger partial charge in [0.15, 0.2) is 5.67 Å². The minimum atomic E-state index is -1.72. The predicted molar refractivity (Wildman–Crippen MR) is 48.0 cm³/mol. The highest BCUT2D eigenvalue weighted by molar-refractivity contribution is 5.25. The van der Waals surface area contributed by atoms with Gasteiger partial charge in [0.25, 0.3) is 0 Å². The van der Waals surface area contributed by atoms with Crippen LogP contribution in [0, 0.1) is 0 Å². The second kappa shape index (κ2) is 3.09. The van der Waals surface area contributed by atoms with Gasteiger partial charge in [-0.1, -0.05) is 30.3 Å². The summed E-state index contributed by atoms with van der Waals surface area (Å²) >= 11 is 0. The molecule has 0 bridgehead atoms. The molecule has 1 aliphatic rings. The van der Waals surface area contributed by atoms with Crippen LogP contribution < -0.4 is 0 Å². The van der Waals surface area contributed by atoms with Crippen molar-refractivity contribution in [3.63, 3.8) is 0 Å². The van der Waals surface area contributed by atoms with Gasteiger partial charge in [0, 0.05) is 0 Å². The molecule has 0 unspecified atom stereocenters. The van der Waals surface area contributed by atoms with Crippen LogP contribution in [0.25, 0.3) is 0 Å². The zero-order valence-corrected chi connectivity index (χ0v) is 7.34. The summed E-state index contributed by atoms with van der Waals surface area (Å²) in [5, 5.41) is 0. The minimum absolute atomic E-state index is 0.318. The summed E-state index contributed by atoms with van der Waals surface area (Å²) in [6, 6.07) is 8.65. The van der Waals surface area contributed by atoms with E-state index in [1.165, 1.54) is 0 Å². The first-order valence-electron chi connectivity index (χ1n) is 4.62. The van der Waals surface area contributed by atoms with Crippen molar-refractivity contribution < 1.29 is 8.78 Å². The van der Waals surface area contributed by atoms with Crippen LogP contribution in [0.15, 0.2) is 30.3 Å². The second-order valence-corrected chi connectivity index (χ2v) is 3.59. The van der Waals surface area contributed by atoms with E-state index in [2.05, 4.69) is 0 Å². The van der Waals surface area contributed by atoms with Gasteiger partial charge >= 0.3 is 0 Å². The van der Waals surface area contributed by atoms with Gasteiger partial charge < -0.3 is 0 Å². The Morgan fingerprint density at radius 2 is 1.92 bits per heavy atom.